The zero-order valence-electron chi connectivity index (χ0n) is 19.1. The van der Waals surface area contributed by atoms with Gasteiger partial charge in [-0.2, -0.15) is 5.26 Å². The lowest BCUT2D eigenvalue weighted by molar-refractivity contribution is 1.50. The summed E-state index contributed by atoms with van der Waals surface area (Å²) < 4.78 is 0. The van der Waals surface area contributed by atoms with E-state index >= 15 is 0 Å². The van der Waals surface area contributed by atoms with E-state index in [-0.39, 0.29) is 0 Å². The summed E-state index contributed by atoms with van der Waals surface area (Å²) in [6.07, 6.45) is 0. The Morgan fingerprint density at radius 3 is 2.00 bits per heavy atom. The van der Waals surface area contributed by atoms with Gasteiger partial charge in [-0.15, -0.1) is 0 Å². The Labute approximate surface area is 203 Å². The molecule has 0 amide bonds. The first-order chi connectivity index (χ1) is 17.3. The Kier molecular flexibility index (Phi) is 5.22. The number of aromatic amines is 1. The second-order valence-corrected chi connectivity index (χ2v) is 8.60. The molecule has 0 aliphatic carbocycles. The summed E-state index contributed by atoms with van der Waals surface area (Å²) in [6.45, 7) is 0. The van der Waals surface area contributed by atoms with Crippen molar-refractivity contribution in [3.8, 4) is 17.2 Å². The molecule has 0 bridgehead atoms. The minimum Gasteiger partial charge on any atom is -0.354 e. The van der Waals surface area contributed by atoms with Crippen LogP contribution in [0.2, 0.25) is 0 Å². The summed E-state index contributed by atoms with van der Waals surface area (Å²) >= 11 is 0. The van der Waals surface area contributed by atoms with Crippen LogP contribution in [0.1, 0.15) is 5.56 Å². The molecule has 0 aliphatic rings. The molecule has 2 nitrogen and oxygen atoms in total. The molecule has 6 aromatic carbocycles. The largest absolute Gasteiger partial charge is 0.354 e. The van der Waals surface area contributed by atoms with Crippen molar-refractivity contribution in [2.75, 3.05) is 0 Å². The van der Waals surface area contributed by atoms with Crippen LogP contribution in [0.4, 0.5) is 0 Å². The number of para-hydroxylation sites is 2. The first kappa shape index (κ1) is 20.7. The molecule has 0 radical (unpaired) electrons. The number of benzene rings is 6. The van der Waals surface area contributed by atoms with Crippen molar-refractivity contribution in [2.24, 2.45) is 0 Å². The second kappa shape index (κ2) is 8.82. The van der Waals surface area contributed by atoms with Crippen LogP contribution in [0.15, 0.2) is 127 Å². The fraction of sp³-hybridized carbons (Fsp3) is 0. The first-order valence-electron chi connectivity index (χ1n) is 11.7. The maximum absolute atomic E-state index is 9.06. The minimum absolute atomic E-state index is 0.739. The van der Waals surface area contributed by atoms with Crippen molar-refractivity contribution < 1.29 is 0 Å². The SMILES string of the molecule is N#Cc1cccc2cc3ccccc3cc12.c1ccc(-c2cccc3c2[nH]c2ccccc23)cc1. The van der Waals surface area contributed by atoms with Crippen LogP contribution in [0.25, 0.3) is 54.5 Å². The van der Waals surface area contributed by atoms with E-state index in [9.17, 15) is 0 Å². The summed E-state index contributed by atoms with van der Waals surface area (Å²) in [7, 11) is 0. The van der Waals surface area contributed by atoms with E-state index in [0.29, 0.717) is 0 Å². The van der Waals surface area contributed by atoms with Gasteiger partial charge in [-0.1, -0.05) is 103 Å². The van der Waals surface area contributed by atoms with E-state index in [1.54, 1.807) is 0 Å². The average Bonchev–Trinajstić information content (AvgIpc) is 3.31. The molecule has 2 heteroatoms. The molecule has 35 heavy (non-hydrogen) atoms. The number of nitrogens with one attached hydrogen (secondary N) is 1. The van der Waals surface area contributed by atoms with E-state index in [2.05, 4.69) is 108 Å². The van der Waals surface area contributed by atoms with Crippen LogP contribution >= 0.6 is 0 Å². The summed E-state index contributed by atoms with van der Waals surface area (Å²) in [6, 6.07) is 45.9. The van der Waals surface area contributed by atoms with Crippen LogP contribution in [0, 0.1) is 11.3 Å². The molecule has 0 aliphatic heterocycles. The topological polar surface area (TPSA) is 39.6 Å². The molecule has 0 spiro atoms. The highest BCUT2D eigenvalue weighted by Gasteiger charge is 2.08. The molecule has 0 unspecified atom stereocenters. The molecule has 1 N–H and O–H groups in total. The van der Waals surface area contributed by atoms with Crippen LogP contribution < -0.4 is 0 Å². The molecule has 1 heterocycles. The molecule has 7 rings (SSSR count). The third-order valence-electron chi connectivity index (χ3n) is 6.49. The lowest BCUT2D eigenvalue weighted by atomic mass is 10.0. The number of fused-ring (bicyclic) bond motifs is 5. The molecule has 0 fully saturated rings. The number of rotatable bonds is 1. The first-order valence-corrected chi connectivity index (χ1v) is 11.7. The highest BCUT2D eigenvalue weighted by Crippen LogP contribution is 2.32. The summed E-state index contributed by atoms with van der Waals surface area (Å²) in [5.41, 5.74) is 5.66. The van der Waals surface area contributed by atoms with E-state index in [1.807, 2.05) is 30.3 Å². The quantitative estimate of drug-likeness (QED) is 0.251. The predicted octanol–water partition coefficient (Wildman–Crippen LogP) is 8.85. The number of H-pyrrole nitrogens is 1. The van der Waals surface area contributed by atoms with Gasteiger partial charge in [-0.3, -0.25) is 0 Å². The number of hydrogen-bond acceptors (Lipinski definition) is 1. The molecular weight excluding hydrogens is 424 g/mol. The van der Waals surface area contributed by atoms with Crippen molar-refractivity contribution in [2.45, 2.75) is 0 Å². The zero-order valence-corrected chi connectivity index (χ0v) is 19.1. The molecule has 0 saturated carbocycles. The third kappa shape index (κ3) is 3.80. The molecule has 0 saturated heterocycles. The number of hydrogen-bond donors (Lipinski definition) is 1. The Morgan fingerprint density at radius 1 is 0.514 bits per heavy atom. The molecule has 7 aromatic rings. The normalized spacial score (nSPS) is 10.8. The van der Waals surface area contributed by atoms with Crippen LogP contribution in [0.3, 0.4) is 0 Å². The summed E-state index contributed by atoms with van der Waals surface area (Å²) in [4.78, 5) is 3.55. The van der Waals surface area contributed by atoms with Gasteiger partial charge in [0.15, 0.2) is 0 Å². The lowest BCUT2D eigenvalue weighted by Crippen LogP contribution is -1.80. The third-order valence-corrected chi connectivity index (χ3v) is 6.49. The number of aromatic nitrogens is 1. The smallest absolute Gasteiger partial charge is 0.0998 e. The fourth-order valence-electron chi connectivity index (χ4n) is 4.80. The molecular formula is C33H22N2. The Hall–Kier alpha value is -4.87. The number of nitrogens with zero attached hydrogens (tertiary/aromatic N) is 1. The Morgan fingerprint density at radius 2 is 1.17 bits per heavy atom. The molecule has 164 valence electrons. The van der Waals surface area contributed by atoms with Gasteiger partial charge in [0.25, 0.3) is 0 Å². The van der Waals surface area contributed by atoms with Gasteiger partial charge in [0.05, 0.1) is 17.1 Å². The zero-order chi connectivity index (χ0) is 23.6. The van der Waals surface area contributed by atoms with E-state index in [0.717, 1.165) is 16.3 Å². The van der Waals surface area contributed by atoms with Crippen molar-refractivity contribution >= 4 is 43.4 Å². The monoisotopic (exact) mass is 446 g/mol. The second-order valence-electron chi connectivity index (χ2n) is 8.60. The maximum Gasteiger partial charge on any atom is 0.0998 e. The van der Waals surface area contributed by atoms with Gasteiger partial charge < -0.3 is 4.98 Å². The Balaban J connectivity index is 0.000000133. The predicted molar refractivity (Wildman–Crippen MR) is 147 cm³/mol. The van der Waals surface area contributed by atoms with E-state index < -0.39 is 0 Å². The average molecular weight is 447 g/mol. The van der Waals surface area contributed by atoms with Crippen molar-refractivity contribution in [1.29, 1.82) is 5.26 Å². The number of nitriles is 1. The van der Waals surface area contributed by atoms with Crippen LogP contribution in [-0.2, 0) is 0 Å². The molecule has 1 aromatic heterocycles. The van der Waals surface area contributed by atoms with Crippen LogP contribution in [-0.4, -0.2) is 4.98 Å². The lowest BCUT2D eigenvalue weighted by Gasteiger charge is -2.03. The minimum atomic E-state index is 0.739. The fourth-order valence-corrected chi connectivity index (χ4v) is 4.80. The Bertz CT molecular complexity index is 1850. The van der Waals surface area contributed by atoms with Crippen molar-refractivity contribution in [3.05, 3.63) is 133 Å². The standard InChI is InChI=1S/C18H13N.C15H9N/c1-2-7-13(8-3-1)14-10-6-11-16-15-9-4-5-12-17(15)19-18(14)16;16-10-14-7-3-6-13-8-11-4-1-2-5-12(11)9-15(13)14/h1-12,19H;1-9H. The highest BCUT2D eigenvalue weighted by molar-refractivity contribution is 6.11. The maximum atomic E-state index is 9.06. The summed E-state index contributed by atoms with van der Waals surface area (Å²) in [5, 5.41) is 16.2. The molecule has 0 atom stereocenters. The van der Waals surface area contributed by atoms with Gasteiger partial charge in [-0.25, -0.2) is 0 Å². The van der Waals surface area contributed by atoms with Gasteiger partial charge in [0, 0.05) is 27.2 Å². The highest BCUT2D eigenvalue weighted by atomic mass is 14.7. The van der Waals surface area contributed by atoms with Gasteiger partial charge in [0.1, 0.15) is 0 Å². The summed E-state index contributed by atoms with van der Waals surface area (Å²) in [5.74, 6) is 0. The van der Waals surface area contributed by atoms with E-state index in [1.165, 1.54) is 43.7 Å². The van der Waals surface area contributed by atoms with Gasteiger partial charge >= 0.3 is 0 Å². The van der Waals surface area contributed by atoms with Gasteiger partial charge in [0.2, 0.25) is 0 Å². The van der Waals surface area contributed by atoms with Crippen LogP contribution in [0.5, 0.6) is 0 Å². The van der Waals surface area contributed by atoms with Gasteiger partial charge in [-0.05, 0) is 46.0 Å². The van der Waals surface area contributed by atoms with Crippen molar-refractivity contribution in [1.82, 2.24) is 4.98 Å². The van der Waals surface area contributed by atoms with E-state index in [4.69, 9.17) is 5.26 Å². The van der Waals surface area contributed by atoms with Crippen molar-refractivity contribution in [3.63, 3.8) is 0 Å².